The van der Waals surface area contributed by atoms with E-state index in [2.05, 4.69) is 4.90 Å². The minimum atomic E-state index is -3.41. The van der Waals surface area contributed by atoms with Gasteiger partial charge in [-0.3, -0.25) is 4.31 Å². The summed E-state index contributed by atoms with van der Waals surface area (Å²) in [6, 6.07) is 5.40. The molecule has 0 aliphatic carbocycles. The summed E-state index contributed by atoms with van der Waals surface area (Å²) in [4.78, 5) is 16.6. The lowest BCUT2D eigenvalue weighted by molar-refractivity contribution is 0.0331. The minimum Gasteiger partial charge on any atom is -0.453 e. The van der Waals surface area contributed by atoms with Crippen molar-refractivity contribution >= 4 is 21.8 Å². The average Bonchev–Trinajstić information content (AvgIpc) is 3.19. The summed E-state index contributed by atoms with van der Waals surface area (Å²) in [5, 5.41) is 0. The van der Waals surface area contributed by atoms with Crippen LogP contribution in [0.15, 0.2) is 18.2 Å². The number of rotatable bonds is 2. The molecule has 1 spiro atoms. The van der Waals surface area contributed by atoms with E-state index >= 15 is 0 Å². The molecule has 5 rings (SSSR count). The van der Waals surface area contributed by atoms with Crippen molar-refractivity contribution < 1.29 is 22.3 Å². The van der Waals surface area contributed by atoms with Crippen molar-refractivity contribution in [2.75, 3.05) is 37.3 Å². The highest BCUT2D eigenvalue weighted by Crippen LogP contribution is 2.49. The first kappa shape index (κ1) is 21.0. The Kier molecular flexibility index (Phi) is 4.97. The number of ether oxygens (including phenoxy) is 1. The van der Waals surface area contributed by atoms with E-state index in [1.54, 1.807) is 6.07 Å². The third-order valence-corrected chi connectivity index (χ3v) is 9.14. The summed E-state index contributed by atoms with van der Waals surface area (Å²) in [7, 11) is -1.97. The van der Waals surface area contributed by atoms with E-state index in [4.69, 9.17) is 4.74 Å². The first-order valence-corrected chi connectivity index (χ1v) is 12.9. The molecule has 0 saturated carbocycles. The van der Waals surface area contributed by atoms with Crippen molar-refractivity contribution in [2.45, 2.75) is 62.1 Å². The highest BCUT2D eigenvalue weighted by Gasteiger charge is 2.50. The van der Waals surface area contributed by atoms with Crippen molar-refractivity contribution in [1.29, 1.82) is 0 Å². The summed E-state index contributed by atoms with van der Waals surface area (Å²) in [5.74, 6) is -0.317. The Labute approximate surface area is 183 Å². The molecule has 4 heterocycles. The zero-order valence-electron chi connectivity index (χ0n) is 18.1. The van der Waals surface area contributed by atoms with Crippen LogP contribution in [-0.4, -0.2) is 75.4 Å². The first-order chi connectivity index (χ1) is 14.7. The van der Waals surface area contributed by atoms with E-state index < -0.39 is 10.0 Å². The van der Waals surface area contributed by atoms with Crippen LogP contribution < -0.4 is 4.31 Å². The number of benzene rings is 1. The molecule has 31 heavy (non-hydrogen) atoms. The maximum atomic E-state index is 14.1. The number of carbonyl (C=O) groups is 1. The van der Waals surface area contributed by atoms with Crippen molar-refractivity contribution in [3.05, 3.63) is 29.6 Å². The Hall–Kier alpha value is -1.87. The van der Waals surface area contributed by atoms with E-state index in [9.17, 15) is 17.6 Å². The number of amides is 1. The predicted molar refractivity (Wildman–Crippen MR) is 115 cm³/mol. The SMILES string of the molecule is COC(=O)N1C2CCC1CC(N1CCC3(CC1)CN(S(C)(=O)=O)c1ccc(F)cc13)C2. The topological polar surface area (TPSA) is 70.2 Å². The number of nitrogens with zero attached hydrogens (tertiary/aromatic N) is 3. The highest BCUT2D eigenvalue weighted by molar-refractivity contribution is 7.92. The van der Waals surface area contributed by atoms with Crippen LogP contribution in [0, 0.1) is 5.82 Å². The molecule has 3 fully saturated rings. The molecular weight excluding hydrogens is 421 g/mol. The monoisotopic (exact) mass is 451 g/mol. The van der Waals surface area contributed by atoms with Crippen molar-refractivity contribution in [1.82, 2.24) is 9.80 Å². The second-order valence-electron chi connectivity index (χ2n) is 9.63. The quantitative estimate of drug-likeness (QED) is 0.692. The van der Waals surface area contributed by atoms with Gasteiger partial charge >= 0.3 is 6.09 Å². The van der Waals surface area contributed by atoms with Crippen LogP contribution in [-0.2, 0) is 20.2 Å². The van der Waals surface area contributed by atoms with Gasteiger partial charge in [0, 0.05) is 30.1 Å². The first-order valence-electron chi connectivity index (χ1n) is 11.1. The molecule has 1 aromatic rings. The van der Waals surface area contributed by atoms with Crippen LogP contribution >= 0.6 is 0 Å². The maximum Gasteiger partial charge on any atom is 0.409 e. The van der Waals surface area contributed by atoms with Crippen molar-refractivity contribution in [2.24, 2.45) is 0 Å². The van der Waals surface area contributed by atoms with Gasteiger partial charge in [0.15, 0.2) is 0 Å². The molecule has 2 unspecified atom stereocenters. The van der Waals surface area contributed by atoms with Gasteiger partial charge in [-0.1, -0.05) is 0 Å². The molecule has 1 amide bonds. The van der Waals surface area contributed by atoms with Gasteiger partial charge in [-0.05, 0) is 75.4 Å². The molecule has 4 aliphatic heterocycles. The van der Waals surface area contributed by atoms with Crippen LogP contribution in [0.1, 0.15) is 44.1 Å². The van der Waals surface area contributed by atoms with Gasteiger partial charge in [-0.15, -0.1) is 0 Å². The smallest absolute Gasteiger partial charge is 0.409 e. The lowest BCUT2D eigenvalue weighted by Gasteiger charge is -2.47. The molecule has 1 aromatic carbocycles. The third-order valence-electron chi connectivity index (χ3n) is 8.01. The number of piperidine rings is 2. The Morgan fingerprint density at radius 3 is 2.35 bits per heavy atom. The molecule has 0 radical (unpaired) electrons. The van der Waals surface area contributed by atoms with Gasteiger partial charge in [-0.2, -0.15) is 0 Å². The van der Waals surface area contributed by atoms with Gasteiger partial charge in [0.05, 0.1) is 19.1 Å². The van der Waals surface area contributed by atoms with E-state index in [0.29, 0.717) is 18.3 Å². The fourth-order valence-electron chi connectivity index (χ4n) is 6.49. The number of methoxy groups -OCH3 is 1. The molecule has 7 nitrogen and oxygen atoms in total. The van der Waals surface area contributed by atoms with Crippen LogP contribution in [0.5, 0.6) is 0 Å². The normalized spacial score (nSPS) is 30.0. The second kappa shape index (κ2) is 7.33. The number of fused-ring (bicyclic) bond motifs is 4. The Balaban J connectivity index is 1.32. The lowest BCUT2D eigenvalue weighted by Crippen LogP contribution is -2.55. The second-order valence-corrected chi connectivity index (χ2v) is 11.5. The summed E-state index contributed by atoms with van der Waals surface area (Å²) >= 11 is 0. The summed E-state index contributed by atoms with van der Waals surface area (Å²) in [6.45, 7) is 2.11. The number of anilines is 1. The Morgan fingerprint density at radius 2 is 1.77 bits per heavy atom. The standard InChI is InChI=1S/C22H30FN3O4S/c1-30-21(27)26-16-4-5-17(26)13-18(12-16)24-9-7-22(8-10-24)14-25(31(2,28)29)20-6-3-15(23)11-19(20)22/h3,6,11,16-18H,4-5,7-10,12-14H2,1-2H3. The molecule has 3 saturated heterocycles. The fraction of sp³-hybridized carbons (Fsp3) is 0.682. The number of sulfonamides is 1. The molecule has 4 aliphatic rings. The molecule has 2 atom stereocenters. The van der Waals surface area contributed by atoms with Gasteiger partial charge in [0.2, 0.25) is 10.0 Å². The lowest BCUT2D eigenvalue weighted by atomic mass is 9.73. The van der Waals surface area contributed by atoms with Crippen molar-refractivity contribution in [3.8, 4) is 0 Å². The van der Waals surface area contributed by atoms with Crippen LogP contribution in [0.2, 0.25) is 0 Å². The zero-order chi connectivity index (χ0) is 22.0. The van der Waals surface area contributed by atoms with Crippen LogP contribution in [0.25, 0.3) is 0 Å². The number of halogens is 1. The molecule has 0 aromatic heterocycles. The van der Waals surface area contributed by atoms with E-state index in [1.807, 2.05) is 4.90 Å². The summed E-state index contributed by atoms with van der Waals surface area (Å²) in [5.41, 5.74) is 1.13. The molecule has 0 N–H and O–H groups in total. The number of hydrogen-bond donors (Lipinski definition) is 0. The van der Waals surface area contributed by atoms with E-state index in [1.165, 1.54) is 29.8 Å². The Morgan fingerprint density at radius 1 is 1.13 bits per heavy atom. The van der Waals surface area contributed by atoms with Crippen LogP contribution in [0.3, 0.4) is 0 Å². The predicted octanol–water partition coefficient (Wildman–Crippen LogP) is 2.70. The molecular formula is C22H30FN3O4S. The number of carbonyl (C=O) groups excluding carboxylic acids is 1. The Bertz CT molecular complexity index is 978. The van der Waals surface area contributed by atoms with Gasteiger partial charge in [0.1, 0.15) is 5.82 Å². The fourth-order valence-corrected chi connectivity index (χ4v) is 7.48. The molecule has 9 heteroatoms. The maximum absolute atomic E-state index is 14.1. The van der Waals surface area contributed by atoms with Crippen molar-refractivity contribution in [3.63, 3.8) is 0 Å². The van der Waals surface area contributed by atoms with Crippen LogP contribution in [0.4, 0.5) is 14.9 Å². The average molecular weight is 452 g/mol. The van der Waals surface area contributed by atoms with Gasteiger partial charge < -0.3 is 14.5 Å². The largest absolute Gasteiger partial charge is 0.453 e. The van der Waals surface area contributed by atoms with E-state index in [0.717, 1.165) is 57.2 Å². The molecule has 170 valence electrons. The van der Waals surface area contributed by atoms with E-state index in [-0.39, 0.29) is 29.4 Å². The third kappa shape index (κ3) is 3.40. The zero-order valence-corrected chi connectivity index (χ0v) is 18.9. The highest BCUT2D eigenvalue weighted by atomic mass is 32.2. The van der Waals surface area contributed by atoms with Gasteiger partial charge in [0.25, 0.3) is 0 Å². The number of hydrogen-bond acceptors (Lipinski definition) is 5. The number of likely N-dealkylation sites (tertiary alicyclic amines) is 1. The summed E-state index contributed by atoms with van der Waals surface area (Å²) < 4.78 is 45.3. The molecule has 2 bridgehead atoms. The minimum absolute atomic E-state index is 0.214. The van der Waals surface area contributed by atoms with Gasteiger partial charge in [-0.25, -0.2) is 17.6 Å². The summed E-state index contributed by atoms with van der Waals surface area (Å²) in [6.07, 6.45) is 6.60.